The van der Waals surface area contributed by atoms with E-state index < -0.39 is 0 Å². The third kappa shape index (κ3) is 3.24. The van der Waals surface area contributed by atoms with Crippen LogP contribution in [-0.4, -0.2) is 12.6 Å². The van der Waals surface area contributed by atoms with Gasteiger partial charge in [-0.25, -0.2) is 4.79 Å². The Bertz CT molecular complexity index is 568. The first-order valence-corrected chi connectivity index (χ1v) is 6.96. The van der Waals surface area contributed by atoms with E-state index >= 15 is 0 Å². The van der Waals surface area contributed by atoms with Crippen molar-refractivity contribution in [2.24, 2.45) is 0 Å². The summed E-state index contributed by atoms with van der Waals surface area (Å²) in [6, 6.07) is 8.21. The zero-order valence-electron chi connectivity index (χ0n) is 10.6. The summed E-state index contributed by atoms with van der Waals surface area (Å²) < 4.78 is 5.75. The summed E-state index contributed by atoms with van der Waals surface area (Å²) in [5, 5.41) is 9.22. The number of carbonyl (C=O) groups excluding carboxylic acids is 1. The molecule has 2 rings (SSSR count). The molecule has 0 atom stereocenters. The molecule has 98 valence electrons. The predicted octanol–water partition coefficient (Wildman–Crippen LogP) is 3.58. The number of hydrogen-bond donors (Lipinski definition) is 0. The van der Waals surface area contributed by atoms with Crippen LogP contribution in [0.3, 0.4) is 0 Å². The van der Waals surface area contributed by atoms with E-state index in [0.717, 1.165) is 28.4 Å². The van der Waals surface area contributed by atoms with E-state index in [1.165, 1.54) is 6.08 Å². The molecule has 4 heteroatoms. The molecular weight excluding hydrogens is 306 g/mol. The molecule has 1 aromatic rings. The highest BCUT2D eigenvalue weighted by atomic mass is 79.9. The summed E-state index contributed by atoms with van der Waals surface area (Å²) in [4.78, 5) is 11.3. The van der Waals surface area contributed by atoms with Crippen LogP contribution >= 0.6 is 15.9 Å². The molecule has 0 spiro atoms. The van der Waals surface area contributed by atoms with Gasteiger partial charge in [0.15, 0.2) is 0 Å². The Morgan fingerprint density at radius 1 is 1.53 bits per heavy atom. The largest absolute Gasteiger partial charge is 0.463 e. The van der Waals surface area contributed by atoms with Crippen LogP contribution in [0.15, 0.2) is 28.7 Å². The van der Waals surface area contributed by atoms with Crippen LogP contribution in [-0.2, 0) is 14.9 Å². The minimum atomic E-state index is -0.356. The molecule has 1 aliphatic rings. The van der Waals surface area contributed by atoms with Crippen molar-refractivity contribution in [3.8, 4) is 6.07 Å². The van der Waals surface area contributed by atoms with Gasteiger partial charge in [-0.05, 0) is 49.1 Å². The molecule has 0 saturated heterocycles. The van der Waals surface area contributed by atoms with Gasteiger partial charge in [0.2, 0.25) is 0 Å². The zero-order chi connectivity index (χ0) is 13.9. The Balaban J connectivity index is 2.23. The Morgan fingerprint density at radius 2 is 2.26 bits per heavy atom. The normalized spacial score (nSPS) is 16.1. The Labute approximate surface area is 121 Å². The van der Waals surface area contributed by atoms with Crippen LogP contribution in [0.2, 0.25) is 0 Å². The van der Waals surface area contributed by atoms with Gasteiger partial charge in [-0.15, -0.1) is 0 Å². The molecule has 1 fully saturated rings. The van der Waals surface area contributed by atoms with Gasteiger partial charge >= 0.3 is 5.97 Å². The standard InChI is InChI=1S/C15H14BrNO2/c1-2-19-14(18)4-3-11-7-12(9-13(16)8-11)15(10-17)5-6-15/h3-4,7-9H,2,5-6H2,1H3/b4-3+. The molecular formula is C15H14BrNO2. The van der Waals surface area contributed by atoms with Gasteiger partial charge in [0, 0.05) is 10.5 Å². The van der Waals surface area contributed by atoms with Crippen molar-refractivity contribution in [1.82, 2.24) is 0 Å². The SMILES string of the molecule is CCOC(=O)/C=C/c1cc(Br)cc(C2(C#N)CC2)c1. The summed E-state index contributed by atoms with van der Waals surface area (Å²) in [5.74, 6) is -0.356. The Hall–Kier alpha value is -1.60. The third-order valence-electron chi connectivity index (χ3n) is 3.14. The van der Waals surface area contributed by atoms with Crippen LogP contribution in [0.25, 0.3) is 6.08 Å². The molecule has 0 amide bonds. The van der Waals surface area contributed by atoms with Gasteiger partial charge in [-0.2, -0.15) is 5.26 Å². The van der Waals surface area contributed by atoms with E-state index in [0.29, 0.717) is 6.61 Å². The molecule has 1 saturated carbocycles. The van der Waals surface area contributed by atoms with E-state index in [2.05, 4.69) is 22.0 Å². The summed E-state index contributed by atoms with van der Waals surface area (Å²) in [6.45, 7) is 2.14. The summed E-state index contributed by atoms with van der Waals surface area (Å²) >= 11 is 3.44. The molecule has 0 aliphatic heterocycles. The van der Waals surface area contributed by atoms with Gasteiger partial charge in [-0.3, -0.25) is 0 Å². The second-order valence-corrected chi connectivity index (χ2v) is 5.47. The molecule has 1 aliphatic carbocycles. The lowest BCUT2D eigenvalue weighted by Gasteiger charge is -2.08. The minimum Gasteiger partial charge on any atom is -0.463 e. The van der Waals surface area contributed by atoms with Crippen LogP contribution in [0.5, 0.6) is 0 Å². The Morgan fingerprint density at radius 3 is 2.84 bits per heavy atom. The smallest absolute Gasteiger partial charge is 0.330 e. The van der Waals surface area contributed by atoms with Crippen LogP contribution in [0.4, 0.5) is 0 Å². The highest BCUT2D eigenvalue weighted by Crippen LogP contribution is 2.48. The van der Waals surface area contributed by atoms with Gasteiger partial charge < -0.3 is 4.74 Å². The van der Waals surface area contributed by atoms with E-state index in [9.17, 15) is 10.1 Å². The van der Waals surface area contributed by atoms with Crippen molar-refractivity contribution in [2.75, 3.05) is 6.61 Å². The Kier molecular flexibility index (Phi) is 4.06. The molecule has 0 N–H and O–H groups in total. The lowest BCUT2D eigenvalue weighted by Crippen LogP contribution is -2.03. The van der Waals surface area contributed by atoms with Crippen LogP contribution in [0.1, 0.15) is 30.9 Å². The highest BCUT2D eigenvalue weighted by molar-refractivity contribution is 9.10. The molecule has 0 aromatic heterocycles. The summed E-state index contributed by atoms with van der Waals surface area (Å²) in [5.41, 5.74) is 1.57. The highest BCUT2D eigenvalue weighted by Gasteiger charge is 2.45. The molecule has 0 bridgehead atoms. The maximum atomic E-state index is 11.3. The number of nitriles is 1. The fourth-order valence-electron chi connectivity index (χ4n) is 1.93. The number of benzene rings is 1. The topological polar surface area (TPSA) is 50.1 Å². The summed E-state index contributed by atoms with van der Waals surface area (Å²) in [7, 11) is 0. The monoisotopic (exact) mass is 319 g/mol. The molecule has 0 heterocycles. The first-order valence-electron chi connectivity index (χ1n) is 6.17. The van der Waals surface area contributed by atoms with Crippen molar-refractivity contribution in [3.05, 3.63) is 39.9 Å². The second-order valence-electron chi connectivity index (χ2n) is 4.55. The van der Waals surface area contributed by atoms with Crippen molar-refractivity contribution < 1.29 is 9.53 Å². The number of hydrogen-bond acceptors (Lipinski definition) is 3. The first-order chi connectivity index (χ1) is 9.09. The van der Waals surface area contributed by atoms with E-state index in [1.54, 1.807) is 13.0 Å². The van der Waals surface area contributed by atoms with Gasteiger partial charge in [0.05, 0.1) is 18.1 Å². The third-order valence-corrected chi connectivity index (χ3v) is 3.59. The molecule has 0 unspecified atom stereocenters. The van der Waals surface area contributed by atoms with Gasteiger partial charge in [0.25, 0.3) is 0 Å². The van der Waals surface area contributed by atoms with Crippen LogP contribution in [0, 0.1) is 11.3 Å². The molecule has 3 nitrogen and oxygen atoms in total. The lowest BCUT2D eigenvalue weighted by atomic mass is 9.96. The van der Waals surface area contributed by atoms with E-state index in [4.69, 9.17) is 4.74 Å². The lowest BCUT2D eigenvalue weighted by molar-refractivity contribution is -0.137. The van der Waals surface area contributed by atoms with Crippen molar-refractivity contribution in [3.63, 3.8) is 0 Å². The fourth-order valence-corrected chi connectivity index (χ4v) is 2.44. The van der Waals surface area contributed by atoms with E-state index in [1.807, 2.05) is 18.2 Å². The van der Waals surface area contributed by atoms with Crippen molar-refractivity contribution in [1.29, 1.82) is 5.26 Å². The number of halogens is 1. The average molecular weight is 320 g/mol. The van der Waals surface area contributed by atoms with Gasteiger partial charge in [0.1, 0.15) is 0 Å². The fraction of sp³-hybridized carbons (Fsp3) is 0.333. The number of esters is 1. The predicted molar refractivity (Wildman–Crippen MR) is 76.3 cm³/mol. The second kappa shape index (κ2) is 5.58. The van der Waals surface area contributed by atoms with Gasteiger partial charge in [-0.1, -0.05) is 22.0 Å². The molecule has 19 heavy (non-hydrogen) atoms. The van der Waals surface area contributed by atoms with E-state index in [-0.39, 0.29) is 11.4 Å². The quantitative estimate of drug-likeness (QED) is 0.629. The van der Waals surface area contributed by atoms with Crippen LogP contribution < -0.4 is 0 Å². The van der Waals surface area contributed by atoms with Crippen molar-refractivity contribution >= 4 is 28.0 Å². The maximum Gasteiger partial charge on any atom is 0.330 e. The number of carbonyl (C=O) groups is 1. The summed E-state index contributed by atoms with van der Waals surface area (Å²) in [6.07, 6.45) is 4.92. The zero-order valence-corrected chi connectivity index (χ0v) is 12.2. The first kappa shape index (κ1) is 13.8. The number of nitrogens with zero attached hydrogens (tertiary/aromatic N) is 1. The number of rotatable bonds is 4. The maximum absolute atomic E-state index is 11.3. The molecule has 1 aromatic carbocycles. The average Bonchev–Trinajstić information content (AvgIpc) is 3.17. The minimum absolute atomic E-state index is 0.323. The van der Waals surface area contributed by atoms with Crippen molar-refractivity contribution in [2.45, 2.75) is 25.2 Å². The molecule has 0 radical (unpaired) electrons. The number of ether oxygens (including phenoxy) is 1.